The van der Waals surface area contributed by atoms with Crippen LogP contribution in [0.3, 0.4) is 0 Å². The van der Waals surface area contributed by atoms with Crippen molar-refractivity contribution >= 4 is 40.8 Å². The van der Waals surface area contributed by atoms with Crippen LogP contribution in [0.25, 0.3) is 0 Å². The molecule has 8 heteroatoms. The fourth-order valence-electron chi connectivity index (χ4n) is 4.34. The zero-order valence-electron chi connectivity index (χ0n) is 13.6. The van der Waals surface area contributed by atoms with Crippen molar-refractivity contribution in [2.24, 2.45) is 11.8 Å². The highest BCUT2D eigenvalue weighted by Crippen LogP contribution is 2.49. The Morgan fingerprint density at radius 1 is 1.04 bits per heavy atom. The molecule has 1 aromatic heterocycles. The third kappa shape index (κ3) is 2.25. The lowest BCUT2D eigenvalue weighted by Crippen LogP contribution is -2.34. The summed E-state index contributed by atoms with van der Waals surface area (Å²) in [5, 5.41) is 5.29. The summed E-state index contributed by atoms with van der Waals surface area (Å²) in [4.78, 5) is 26.9. The SMILES string of the molecule is O=C1[C@@H]2[C@H](C(=O)N1c1nn(Cc3ccccc3Cl)cc1Cl)[C@H]1CC[C@H]2O1. The minimum Gasteiger partial charge on any atom is -0.373 e. The zero-order chi connectivity index (χ0) is 18.0. The van der Waals surface area contributed by atoms with Crippen LogP contribution in [0, 0.1) is 11.8 Å². The van der Waals surface area contributed by atoms with E-state index in [-0.39, 0.29) is 34.9 Å². The first-order chi connectivity index (χ1) is 12.5. The molecule has 3 fully saturated rings. The van der Waals surface area contributed by atoms with Gasteiger partial charge in [0.25, 0.3) is 0 Å². The molecule has 2 amide bonds. The van der Waals surface area contributed by atoms with E-state index in [1.165, 1.54) is 0 Å². The first-order valence-electron chi connectivity index (χ1n) is 8.54. The third-order valence-electron chi connectivity index (χ3n) is 5.49. The number of rotatable bonds is 3. The number of hydrogen-bond acceptors (Lipinski definition) is 4. The quantitative estimate of drug-likeness (QED) is 0.754. The number of hydrogen-bond donors (Lipinski definition) is 0. The molecule has 0 unspecified atom stereocenters. The van der Waals surface area contributed by atoms with Gasteiger partial charge >= 0.3 is 0 Å². The summed E-state index contributed by atoms with van der Waals surface area (Å²) in [5.74, 6) is -1.10. The number of nitrogens with zero attached hydrogens (tertiary/aromatic N) is 3. The Morgan fingerprint density at radius 3 is 2.35 bits per heavy atom. The van der Waals surface area contributed by atoms with E-state index in [1.54, 1.807) is 16.9 Å². The molecule has 3 aliphatic rings. The number of anilines is 1. The van der Waals surface area contributed by atoms with Crippen LogP contribution in [0.5, 0.6) is 0 Å². The Balaban J connectivity index is 1.46. The number of imide groups is 1. The highest BCUT2D eigenvalue weighted by Gasteiger charge is 2.63. The fourth-order valence-corrected chi connectivity index (χ4v) is 4.77. The smallest absolute Gasteiger partial charge is 0.241 e. The van der Waals surface area contributed by atoms with Gasteiger partial charge in [-0.05, 0) is 24.5 Å². The van der Waals surface area contributed by atoms with Crippen molar-refractivity contribution in [1.82, 2.24) is 9.78 Å². The van der Waals surface area contributed by atoms with Gasteiger partial charge in [0, 0.05) is 11.2 Å². The second-order valence-electron chi connectivity index (χ2n) is 6.94. The highest BCUT2D eigenvalue weighted by atomic mass is 35.5. The maximum atomic E-state index is 12.9. The summed E-state index contributed by atoms with van der Waals surface area (Å²) in [6.45, 7) is 0.400. The molecule has 2 aromatic rings. The molecule has 26 heavy (non-hydrogen) atoms. The minimum absolute atomic E-state index is 0.157. The molecule has 4 heterocycles. The molecule has 134 valence electrons. The molecule has 0 N–H and O–H groups in total. The molecular formula is C18H15Cl2N3O3. The van der Waals surface area contributed by atoms with Gasteiger partial charge in [-0.3, -0.25) is 14.3 Å². The number of benzene rings is 1. The molecule has 4 atom stereocenters. The second-order valence-corrected chi connectivity index (χ2v) is 7.76. The first-order valence-corrected chi connectivity index (χ1v) is 9.30. The average Bonchev–Trinajstić information content (AvgIpc) is 3.35. The molecule has 3 saturated heterocycles. The summed E-state index contributed by atoms with van der Waals surface area (Å²) in [6, 6.07) is 7.43. The summed E-state index contributed by atoms with van der Waals surface area (Å²) in [6.07, 6.45) is 2.95. The van der Waals surface area contributed by atoms with Crippen LogP contribution in [0.4, 0.5) is 5.82 Å². The van der Waals surface area contributed by atoms with Gasteiger partial charge in [0.05, 0.1) is 30.6 Å². The Hall–Kier alpha value is -1.89. The Morgan fingerprint density at radius 2 is 1.69 bits per heavy atom. The van der Waals surface area contributed by atoms with Gasteiger partial charge in [0.15, 0.2) is 5.82 Å². The lowest BCUT2D eigenvalue weighted by atomic mass is 9.81. The van der Waals surface area contributed by atoms with Crippen molar-refractivity contribution in [2.45, 2.75) is 31.6 Å². The number of halogens is 2. The van der Waals surface area contributed by atoms with Crippen molar-refractivity contribution in [2.75, 3.05) is 4.90 Å². The molecule has 6 nitrogen and oxygen atoms in total. The van der Waals surface area contributed by atoms with Gasteiger partial charge in [-0.1, -0.05) is 41.4 Å². The number of carbonyl (C=O) groups is 2. The molecule has 2 bridgehead atoms. The van der Waals surface area contributed by atoms with E-state index in [1.807, 2.05) is 18.2 Å². The van der Waals surface area contributed by atoms with Crippen molar-refractivity contribution in [3.05, 3.63) is 46.1 Å². The summed E-state index contributed by atoms with van der Waals surface area (Å²) < 4.78 is 7.35. The average molecular weight is 392 g/mol. The molecule has 1 aromatic carbocycles. The summed E-state index contributed by atoms with van der Waals surface area (Å²) >= 11 is 12.5. The summed E-state index contributed by atoms with van der Waals surface area (Å²) in [5.41, 5.74) is 0.877. The second kappa shape index (κ2) is 5.81. The van der Waals surface area contributed by atoms with Crippen LogP contribution < -0.4 is 4.90 Å². The largest absolute Gasteiger partial charge is 0.373 e. The topological polar surface area (TPSA) is 64.4 Å². The number of fused-ring (bicyclic) bond motifs is 5. The Bertz CT molecular complexity index is 900. The van der Waals surface area contributed by atoms with E-state index in [2.05, 4.69) is 5.10 Å². The minimum atomic E-state index is -0.397. The molecule has 3 aliphatic heterocycles. The predicted octanol–water partition coefficient (Wildman–Crippen LogP) is 2.91. The lowest BCUT2D eigenvalue weighted by molar-refractivity contribution is -0.124. The van der Waals surface area contributed by atoms with E-state index in [4.69, 9.17) is 27.9 Å². The third-order valence-corrected chi connectivity index (χ3v) is 6.12. The lowest BCUT2D eigenvalue weighted by Gasteiger charge is -2.15. The van der Waals surface area contributed by atoms with Crippen molar-refractivity contribution in [3.8, 4) is 0 Å². The van der Waals surface area contributed by atoms with Crippen LogP contribution in [-0.4, -0.2) is 33.8 Å². The molecule has 0 aliphatic carbocycles. The number of amides is 2. The zero-order valence-corrected chi connectivity index (χ0v) is 15.2. The molecular weight excluding hydrogens is 377 g/mol. The highest BCUT2D eigenvalue weighted by molar-refractivity contribution is 6.35. The summed E-state index contributed by atoms with van der Waals surface area (Å²) in [7, 11) is 0. The maximum Gasteiger partial charge on any atom is 0.241 e. The maximum absolute atomic E-state index is 12.9. The van der Waals surface area contributed by atoms with Gasteiger partial charge in [-0.2, -0.15) is 5.10 Å². The van der Waals surface area contributed by atoms with Gasteiger partial charge < -0.3 is 4.74 Å². The Kier molecular flexibility index (Phi) is 3.64. The van der Waals surface area contributed by atoms with Gasteiger partial charge in [0.1, 0.15) is 5.02 Å². The van der Waals surface area contributed by atoms with Crippen molar-refractivity contribution in [3.63, 3.8) is 0 Å². The number of ether oxygens (including phenoxy) is 1. The molecule has 0 spiro atoms. The van der Waals surface area contributed by atoms with Crippen LogP contribution in [-0.2, 0) is 20.9 Å². The van der Waals surface area contributed by atoms with E-state index in [0.29, 0.717) is 11.6 Å². The monoisotopic (exact) mass is 391 g/mol. The van der Waals surface area contributed by atoms with E-state index in [0.717, 1.165) is 23.3 Å². The van der Waals surface area contributed by atoms with E-state index < -0.39 is 11.8 Å². The van der Waals surface area contributed by atoms with E-state index in [9.17, 15) is 9.59 Å². The normalized spacial score (nSPS) is 29.7. The Labute approximate surface area is 159 Å². The number of carbonyl (C=O) groups excluding carboxylic acids is 2. The molecule has 5 rings (SSSR count). The first kappa shape index (κ1) is 16.3. The predicted molar refractivity (Wildman–Crippen MR) is 95.2 cm³/mol. The van der Waals surface area contributed by atoms with E-state index >= 15 is 0 Å². The number of aromatic nitrogens is 2. The van der Waals surface area contributed by atoms with Gasteiger partial charge in [0.2, 0.25) is 11.8 Å². The van der Waals surface area contributed by atoms with Crippen LogP contribution in [0.2, 0.25) is 10.0 Å². The molecule has 0 saturated carbocycles. The molecule has 0 radical (unpaired) electrons. The van der Waals surface area contributed by atoms with Crippen LogP contribution in [0.15, 0.2) is 30.5 Å². The fraction of sp³-hybridized carbons (Fsp3) is 0.389. The van der Waals surface area contributed by atoms with Gasteiger partial charge in [-0.25, -0.2) is 4.90 Å². The van der Waals surface area contributed by atoms with Crippen LogP contribution >= 0.6 is 23.2 Å². The van der Waals surface area contributed by atoms with Crippen molar-refractivity contribution in [1.29, 1.82) is 0 Å². The van der Waals surface area contributed by atoms with Crippen LogP contribution in [0.1, 0.15) is 18.4 Å². The van der Waals surface area contributed by atoms with Gasteiger partial charge in [-0.15, -0.1) is 0 Å². The van der Waals surface area contributed by atoms with Crippen molar-refractivity contribution < 1.29 is 14.3 Å². The standard InChI is InChI=1S/C18H15Cl2N3O3/c19-10-4-2-1-3-9(10)7-22-8-11(20)16(21-22)23-17(24)14-12-5-6-13(26-12)15(14)18(23)25/h1-4,8,12-15H,5-7H2/t12-,13-,14-,15+/m1/s1.